The van der Waals surface area contributed by atoms with Crippen LogP contribution in [0.4, 0.5) is 0 Å². The normalized spacial score (nSPS) is 20.1. The molecule has 0 aromatic carbocycles. The van der Waals surface area contributed by atoms with E-state index in [1.807, 2.05) is 13.3 Å². The van der Waals surface area contributed by atoms with Gasteiger partial charge in [0, 0.05) is 18.0 Å². The average molecular weight is 222 g/mol. The number of nitrogens with one attached hydrogen (secondary N) is 1. The Morgan fingerprint density at radius 1 is 1.56 bits per heavy atom. The molecule has 0 bridgehead atoms. The number of rotatable bonds is 5. The van der Waals surface area contributed by atoms with Gasteiger partial charge in [-0.25, -0.2) is 0 Å². The van der Waals surface area contributed by atoms with Gasteiger partial charge in [-0.1, -0.05) is 0 Å². The van der Waals surface area contributed by atoms with E-state index in [2.05, 4.69) is 23.3 Å². The van der Waals surface area contributed by atoms with E-state index in [4.69, 9.17) is 4.42 Å². The number of hydrogen-bond donors (Lipinski definition) is 1. The van der Waals surface area contributed by atoms with Gasteiger partial charge in [0.2, 0.25) is 0 Å². The number of fused-ring (bicyclic) bond motifs is 1. The molecule has 16 heavy (non-hydrogen) atoms. The maximum absolute atomic E-state index is 5.52. The second-order valence-electron chi connectivity index (χ2n) is 4.64. The van der Waals surface area contributed by atoms with Crippen LogP contribution in [0.25, 0.3) is 0 Å². The standard InChI is InChI=1S/C13H22N2O/c1-14-8-4-9-15(2)12-5-3-6-13-11(12)7-10-16-13/h7,10,12,14H,3-6,8-9H2,1-2H3. The second-order valence-corrected chi connectivity index (χ2v) is 4.64. The second kappa shape index (κ2) is 5.51. The quantitative estimate of drug-likeness (QED) is 0.774. The summed E-state index contributed by atoms with van der Waals surface area (Å²) < 4.78 is 5.52. The van der Waals surface area contributed by atoms with Crippen molar-refractivity contribution >= 4 is 0 Å². The number of nitrogens with zero attached hydrogens (tertiary/aromatic N) is 1. The van der Waals surface area contributed by atoms with Crippen molar-refractivity contribution in [3.8, 4) is 0 Å². The SMILES string of the molecule is CNCCCN(C)C1CCCc2occc21. The van der Waals surface area contributed by atoms with Crippen LogP contribution in [0.2, 0.25) is 0 Å². The largest absolute Gasteiger partial charge is 0.469 e. The molecule has 2 rings (SSSR count). The molecule has 0 saturated carbocycles. The van der Waals surface area contributed by atoms with Gasteiger partial charge in [-0.15, -0.1) is 0 Å². The average Bonchev–Trinajstić information content (AvgIpc) is 2.76. The van der Waals surface area contributed by atoms with E-state index in [-0.39, 0.29) is 0 Å². The highest BCUT2D eigenvalue weighted by molar-refractivity contribution is 5.24. The molecule has 1 aliphatic rings. The summed E-state index contributed by atoms with van der Waals surface area (Å²) in [6.07, 6.45) is 6.68. The zero-order valence-corrected chi connectivity index (χ0v) is 10.3. The molecule has 0 aliphatic heterocycles. The molecule has 0 radical (unpaired) electrons. The first kappa shape index (κ1) is 11.7. The van der Waals surface area contributed by atoms with E-state index in [0.717, 1.165) is 19.5 Å². The zero-order valence-electron chi connectivity index (χ0n) is 10.3. The Hall–Kier alpha value is -0.800. The summed E-state index contributed by atoms with van der Waals surface area (Å²) in [6.45, 7) is 2.24. The van der Waals surface area contributed by atoms with E-state index < -0.39 is 0 Å². The summed E-state index contributed by atoms with van der Waals surface area (Å²) in [7, 11) is 4.23. The van der Waals surface area contributed by atoms with E-state index in [1.54, 1.807) is 0 Å². The Morgan fingerprint density at radius 3 is 3.25 bits per heavy atom. The first-order valence-corrected chi connectivity index (χ1v) is 6.24. The Kier molecular flexibility index (Phi) is 4.02. The molecule has 0 amide bonds. The molecule has 1 N–H and O–H groups in total. The minimum absolute atomic E-state index is 0.569. The third kappa shape index (κ3) is 2.47. The molecule has 1 aliphatic carbocycles. The highest BCUT2D eigenvalue weighted by Gasteiger charge is 2.25. The number of aryl methyl sites for hydroxylation is 1. The molecule has 1 aromatic heterocycles. The highest BCUT2D eigenvalue weighted by atomic mass is 16.3. The summed E-state index contributed by atoms with van der Waals surface area (Å²) in [5, 5.41) is 3.19. The van der Waals surface area contributed by atoms with Crippen molar-refractivity contribution in [2.45, 2.75) is 31.7 Å². The van der Waals surface area contributed by atoms with Crippen molar-refractivity contribution in [1.29, 1.82) is 0 Å². The van der Waals surface area contributed by atoms with Crippen LogP contribution in [0.15, 0.2) is 16.7 Å². The molecule has 1 unspecified atom stereocenters. The topological polar surface area (TPSA) is 28.4 Å². The maximum Gasteiger partial charge on any atom is 0.108 e. The maximum atomic E-state index is 5.52. The molecule has 3 heteroatoms. The van der Waals surface area contributed by atoms with Gasteiger partial charge in [0.1, 0.15) is 5.76 Å². The fourth-order valence-corrected chi connectivity index (χ4v) is 2.58. The molecule has 1 aromatic rings. The molecule has 0 saturated heterocycles. The van der Waals surface area contributed by atoms with Crippen molar-refractivity contribution in [3.05, 3.63) is 23.7 Å². The van der Waals surface area contributed by atoms with Crippen LogP contribution in [0, 0.1) is 0 Å². The van der Waals surface area contributed by atoms with Crippen molar-refractivity contribution < 1.29 is 4.42 Å². The Bertz CT molecular complexity index is 321. The number of hydrogen-bond acceptors (Lipinski definition) is 3. The van der Waals surface area contributed by atoms with Crippen molar-refractivity contribution in [2.75, 3.05) is 27.2 Å². The minimum Gasteiger partial charge on any atom is -0.469 e. The summed E-state index contributed by atoms with van der Waals surface area (Å²) in [5.74, 6) is 1.21. The van der Waals surface area contributed by atoms with E-state index >= 15 is 0 Å². The molecule has 0 spiro atoms. The molecule has 1 atom stereocenters. The van der Waals surface area contributed by atoms with Crippen LogP contribution in [-0.2, 0) is 6.42 Å². The third-order valence-corrected chi connectivity index (χ3v) is 3.49. The van der Waals surface area contributed by atoms with Gasteiger partial charge in [0.15, 0.2) is 0 Å². The lowest BCUT2D eigenvalue weighted by atomic mass is 9.92. The van der Waals surface area contributed by atoms with Crippen LogP contribution >= 0.6 is 0 Å². The van der Waals surface area contributed by atoms with Crippen LogP contribution < -0.4 is 5.32 Å². The van der Waals surface area contributed by atoms with Gasteiger partial charge in [-0.2, -0.15) is 0 Å². The molecule has 3 nitrogen and oxygen atoms in total. The predicted molar refractivity (Wildman–Crippen MR) is 65.6 cm³/mol. The highest BCUT2D eigenvalue weighted by Crippen LogP contribution is 2.34. The predicted octanol–water partition coefficient (Wildman–Crippen LogP) is 2.20. The van der Waals surface area contributed by atoms with E-state index in [1.165, 1.54) is 30.6 Å². The minimum atomic E-state index is 0.569. The lowest BCUT2D eigenvalue weighted by molar-refractivity contribution is 0.214. The first-order chi connectivity index (χ1) is 7.83. The third-order valence-electron chi connectivity index (χ3n) is 3.49. The summed E-state index contributed by atoms with van der Waals surface area (Å²) in [6, 6.07) is 2.72. The Morgan fingerprint density at radius 2 is 2.44 bits per heavy atom. The molecular weight excluding hydrogens is 200 g/mol. The lowest BCUT2D eigenvalue weighted by Gasteiger charge is -2.30. The van der Waals surface area contributed by atoms with Crippen molar-refractivity contribution in [3.63, 3.8) is 0 Å². The van der Waals surface area contributed by atoms with E-state index in [9.17, 15) is 0 Å². The van der Waals surface area contributed by atoms with Gasteiger partial charge in [0.05, 0.1) is 6.26 Å². The Labute approximate surface area is 97.8 Å². The smallest absolute Gasteiger partial charge is 0.108 e. The van der Waals surface area contributed by atoms with Crippen molar-refractivity contribution in [2.24, 2.45) is 0 Å². The zero-order chi connectivity index (χ0) is 11.4. The monoisotopic (exact) mass is 222 g/mol. The fraction of sp³-hybridized carbons (Fsp3) is 0.692. The van der Waals surface area contributed by atoms with Gasteiger partial charge in [-0.3, -0.25) is 4.90 Å². The summed E-state index contributed by atoms with van der Waals surface area (Å²) in [4.78, 5) is 2.46. The summed E-state index contributed by atoms with van der Waals surface area (Å²) in [5.41, 5.74) is 1.42. The van der Waals surface area contributed by atoms with Crippen LogP contribution in [0.5, 0.6) is 0 Å². The van der Waals surface area contributed by atoms with Gasteiger partial charge in [-0.05, 0) is 52.5 Å². The van der Waals surface area contributed by atoms with Gasteiger partial charge in [0.25, 0.3) is 0 Å². The number of furan rings is 1. The van der Waals surface area contributed by atoms with Crippen LogP contribution in [0.3, 0.4) is 0 Å². The summed E-state index contributed by atoms with van der Waals surface area (Å²) >= 11 is 0. The van der Waals surface area contributed by atoms with Crippen LogP contribution in [-0.4, -0.2) is 32.1 Å². The Balaban J connectivity index is 1.95. The van der Waals surface area contributed by atoms with Crippen LogP contribution in [0.1, 0.15) is 36.6 Å². The van der Waals surface area contributed by atoms with E-state index in [0.29, 0.717) is 6.04 Å². The molecule has 1 heterocycles. The van der Waals surface area contributed by atoms with Gasteiger partial charge < -0.3 is 9.73 Å². The molecule has 0 fully saturated rings. The van der Waals surface area contributed by atoms with Crippen molar-refractivity contribution in [1.82, 2.24) is 10.2 Å². The molecular formula is C13H22N2O. The first-order valence-electron chi connectivity index (χ1n) is 6.24. The lowest BCUT2D eigenvalue weighted by Crippen LogP contribution is -2.29. The fourth-order valence-electron chi connectivity index (χ4n) is 2.58. The van der Waals surface area contributed by atoms with Gasteiger partial charge >= 0.3 is 0 Å². The molecule has 90 valence electrons.